The zero-order chi connectivity index (χ0) is 18.6. The normalized spacial score (nSPS) is 16.9. The van der Waals surface area contributed by atoms with Gasteiger partial charge in [-0.3, -0.25) is 9.20 Å². The molecule has 2 aromatic heterocycles. The molecule has 0 saturated carbocycles. The highest BCUT2D eigenvalue weighted by Crippen LogP contribution is 2.26. The predicted molar refractivity (Wildman–Crippen MR) is 98.2 cm³/mol. The van der Waals surface area contributed by atoms with Crippen LogP contribution < -0.4 is 4.74 Å². The van der Waals surface area contributed by atoms with Crippen molar-refractivity contribution in [3.05, 3.63) is 60.0 Å². The molecular formula is C20H19N5O2. The number of ether oxygens (including phenoxy) is 1. The maximum absolute atomic E-state index is 12.6. The van der Waals surface area contributed by atoms with Crippen molar-refractivity contribution in [2.45, 2.75) is 18.8 Å². The standard InChI is InChI=1S/C20H19N5O2/c21-12-15-6-8-17(9-7-15)27-14-19(26)24-10-3-4-16(13-24)20-23-22-18-5-1-2-11-25(18)20/h1-2,5-9,11,16H,3-4,10,13-14H2. The zero-order valence-corrected chi connectivity index (χ0v) is 14.8. The smallest absolute Gasteiger partial charge is 0.260 e. The Morgan fingerprint density at radius 2 is 2.07 bits per heavy atom. The molecule has 1 fully saturated rings. The summed E-state index contributed by atoms with van der Waals surface area (Å²) in [4.78, 5) is 14.4. The minimum atomic E-state index is -0.0436. The van der Waals surface area contributed by atoms with Crippen molar-refractivity contribution in [2.75, 3.05) is 19.7 Å². The lowest BCUT2D eigenvalue weighted by Crippen LogP contribution is -2.42. The van der Waals surface area contributed by atoms with E-state index in [2.05, 4.69) is 16.3 Å². The highest BCUT2D eigenvalue weighted by atomic mass is 16.5. The Bertz CT molecular complexity index is 990. The summed E-state index contributed by atoms with van der Waals surface area (Å²) < 4.78 is 7.57. The number of carbonyl (C=O) groups excluding carboxylic acids is 1. The van der Waals surface area contributed by atoms with Gasteiger partial charge in [-0.25, -0.2) is 0 Å². The molecule has 0 spiro atoms. The average molecular weight is 361 g/mol. The van der Waals surface area contributed by atoms with Crippen LogP contribution in [0.3, 0.4) is 0 Å². The summed E-state index contributed by atoms with van der Waals surface area (Å²) in [7, 11) is 0. The molecule has 1 atom stereocenters. The molecule has 7 nitrogen and oxygen atoms in total. The number of carbonyl (C=O) groups is 1. The van der Waals surface area contributed by atoms with Crippen LogP contribution in [0.2, 0.25) is 0 Å². The highest BCUT2D eigenvalue weighted by Gasteiger charge is 2.28. The van der Waals surface area contributed by atoms with Crippen molar-refractivity contribution in [1.82, 2.24) is 19.5 Å². The van der Waals surface area contributed by atoms with Gasteiger partial charge in [0.2, 0.25) is 0 Å². The monoisotopic (exact) mass is 361 g/mol. The van der Waals surface area contributed by atoms with Crippen LogP contribution >= 0.6 is 0 Å². The number of nitriles is 1. The largest absolute Gasteiger partial charge is 0.484 e. The number of likely N-dealkylation sites (tertiary alicyclic amines) is 1. The van der Waals surface area contributed by atoms with Gasteiger partial charge < -0.3 is 9.64 Å². The molecule has 136 valence electrons. The number of hydrogen-bond acceptors (Lipinski definition) is 5. The van der Waals surface area contributed by atoms with E-state index in [4.69, 9.17) is 10.00 Å². The fourth-order valence-electron chi connectivity index (χ4n) is 3.41. The minimum absolute atomic E-state index is 0.0147. The molecule has 0 N–H and O–H groups in total. The van der Waals surface area contributed by atoms with Gasteiger partial charge >= 0.3 is 0 Å². The van der Waals surface area contributed by atoms with E-state index in [1.807, 2.05) is 33.7 Å². The van der Waals surface area contributed by atoms with Crippen LogP contribution in [-0.4, -0.2) is 45.1 Å². The summed E-state index contributed by atoms with van der Waals surface area (Å²) in [5.41, 5.74) is 1.38. The topological polar surface area (TPSA) is 83.5 Å². The zero-order valence-electron chi connectivity index (χ0n) is 14.8. The van der Waals surface area contributed by atoms with E-state index in [1.165, 1.54) is 0 Å². The predicted octanol–water partition coefficient (Wildman–Crippen LogP) is 2.39. The summed E-state index contributed by atoms with van der Waals surface area (Å²) in [5, 5.41) is 17.4. The first kappa shape index (κ1) is 17.0. The molecule has 0 aliphatic carbocycles. The van der Waals surface area contributed by atoms with E-state index in [0.29, 0.717) is 17.9 Å². The first-order valence-electron chi connectivity index (χ1n) is 8.95. The molecule has 0 bridgehead atoms. The number of amides is 1. The lowest BCUT2D eigenvalue weighted by atomic mass is 9.97. The van der Waals surface area contributed by atoms with Crippen LogP contribution in [0.25, 0.3) is 5.65 Å². The lowest BCUT2D eigenvalue weighted by molar-refractivity contribution is -0.134. The second-order valence-electron chi connectivity index (χ2n) is 6.59. The van der Waals surface area contributed by atoms with Gasteiger partial charge in [0, 0.05) is 25.2 Å². The highest BCUT2D eigenvalue weighted by molar-refractivity contribution is 5.78. The molecule has 7 heteroatoms. The minimum Gasteiger partial charge on any atom is -0.484 e. The molecule has 1 saturated heterocycles. The lowest BCUT2D eigenvalue weighted by Gasteiger charge is -2.31. The van der Waals surface area contributed by atoms with Crippen molar-refractivity contribution in [2.24, 2.45) is 0 Å². The van der Waals surface area contributed by atoms with Crippen molar-refractivity contribution in [3.8, 4) is 11.8 Å². The van der Waals surface area contributed by atoms with Gasteiger partial charge in [0.1, 0.15) is 11.6 Å². The third kappa shape index (κ3) is 3.60. The number of aromatic nitrogens is 3. The van der Waals surface area contributed by atoms with Crippen LogP contribution in [0.5, 0.6) is 5.75 Å². The third-order valence-corrected chi connectivity index (χ3v) is 4.83. The van der Waals surface area contributed by atoms with E-state index in [9.17, 15) is 4.79 Å². The molecule has 1 amide bonds. The van der Waals surface area contributed by atoms with Crippen LogP contribution in [-0.2, 0) is 4.79 Å². The fourth-order valence-corrected chi connectivity index (χ4v) is 3.41. The summed E-state index contributed by atoms with van der Waals surface area (Å²) in [6, 6.07) is 14.6. The maximum atomic E-state index is 12.6. The Morgan fingerprint density at radius 3 is 2.89 bits per heavy atom. The van der Waals surface area contributed by atoms with Crippen molar-refractivity contribution in [1.29, 1.82) is 5.26 Å². The third-order valence-electron chi connectivity index (χ3n) is 4.83. The van der Waals surface area contributed by atoms with Gasteiger partial charge in [-0.2, -0.15) is 5.26 Å². The Morgan fingerprint density at radius 1 is 1.22 bits per heavy atom. The second kappa shape index (κ2) is 7.46. The van der Waals surface area contributed by atoms with Gasteiger partial charge in [-0.15, -0.1) is 10.2 Å². The molecule has 3 heterocycles. The molecule has 4 rings (SSSR count). The van der Waals surface area contributed by atoms with E-state index in [1.54, 1.807) is 24.3 Å². The summed E-state index contributed by atoms with van der Waals surface area (Å²) in [6.45, 7) is 1.33. The number of benzene rings is 1. The molecule has 27 heavy (non-hydrogen) atoms. The van der Waals surface area contributed by atoms with E-state index in [-0.39, 0.29) is 18.4 Å². The number of hydrogen-bond donors (Lipinski definition) is 0. The van der Waals surface area contributed by atoms with Gasteiger partial charge in [-0.05, 0) is 49.2 Å². The molecule has 3 aromatic rings. The molecule has 0 radical (unpaired) electrons. The molecule has 1 aliphatic heterocycles. The summed E-state index contributed by atoms with van der Waals surface area (Å²) in [5.74, 6) is 1.60. The van der Waals surface area contributed by atoms with Crippen molar-refractivity contribution < 1.29 is 9.53 Å². The van der Waals surface area contributed by atoms with Crippen molar-refractivity contribution >= 4 is 11.6 Å². The quantitative estimate of drug-likeness (QED) is 0.712. The fraction of sp³-hybridized carbons (Fsp3) is 0.300. The number of fused-ring (bicyclic) bond motifs is 1. The van der Waals surface area contributed by atoms with Gasteiger partial charge in [0.15, 0.2) is 12.3 Å². The number of nitrogens with zero attached hydrogens (tertiary/aromatic N) is 5. The SMILES string of the molecule is N#Cc1ccc(OCC(=O)N2CCCC(c3nnc4ccccn34)C2)cc1. The first-order chi connectivity index (χ1) is 13.2. The van der Waals surface area contributed by atoms with Crippen LogP contribution in [0.1, 0.15) is 30.1 Å². The first-order valence-corrected chi connectivity index (χ1v) is 8.95. The Hall–Kier alpha value is -3.40. The van der Waals surface area contributed by atoms with Crippen LogP contribution in [0, 0.1) is 11.3 Å². The van der Waals surface area contributed by atoms with Crippen LogP contribution in [0.15, 0.2) is 48.7 Å². The Kier molecular flexibility index (Phi) is 4.71. The number of rotatable bonds is 4. The summed E-state index contributed by atoms with van der Waals surface area (Å²) >= 11 is 0. The summed E-state index contributed by atoms with van der Waals surface area (Å²) in [6.07, 6.45) is 3.87. The van der Waals surface area contributed by atoms with E-state index in [0.717, 1.165) is 30.9 Å². The van der Waals surface area contributed by atoms with Crippen LogP contribution in [0.4, 0.5) is 0 Å². The van der Waals surface area contributed by atoms with E-state index >= 15 is 0 Å². The van der Waals surface area contributed by atoms with Gasteiger partial charge in [0.05, 0.1) is 11.6 Å². The van der Waals surface area contributed by atoms with Gasteiger partial charge in [-0.1, -0.05) is 6.07 Å². The van der Waals surface area contributed by atoms with Gasteiger partial charge in [0.25, 0.3) is 5.91 Å². The number of piperidine rings is 1. The second-order valence-corrected chi connectivity index (χ2v) is 6.59. The molecule has 1 unspecified atom stereocenters. The van der Waals surface area contributed by atoms with Crippen molar-refractivity contribution in [3.63, 3.8) is 0 Å². The molecule has 1 aliphatic rings. The van der Waals surface area contributed by atoms with E-state index < -0.39 is 0 Å². The molecular weight excluding hydrogens is 342 g/mol. The maximum Gasteiger partial charge on any atom is 0.260 e. The Labute approximate surface area is 156 Å². The average Bonchev–Trinajstić information content (AvgIpc) is 3.16. The number of pyridine rings is 1. The Balaban J connectivity index is 1.40. The molecule has 1 aromatic carbocycles.